The molecule has 1 aliphatic heterocycles. The van der Waals surface area contributed by atoms with Crippen molar-refractivity contribution >= 4 is 34.4 Å². The molecule has 0 saturated carbocycles. The number of halogens is 3. The number of nitrogens with one attached hydrogen (secondary N) is 3. The van der Waals surface area contributed by atoms with E-state index in [1.54, 1.807) is 0 Å². The Morgan fingerprint density at radius 1 is 1.36 bits per heavy atom. The molecule has 0 unspecified atom stereocenters. The third-order valence-electron chi connectivity index (χ3n) is 4.22. The van der Waals surface area contributed by atoms with E-state index in [1.165, 1.54) is 18.5 Å². The highest BCUT2D eigenvalue weighted by Gasteiger charge is 2.20. The van der Waals surface area contributed by atoms with Gasteiger partial charge in [0.05, 0.1) is 23.1 Å². The predicted octanol–water partition coefficient (Wildman–Crippen LogP) is 4.20. The van der Waals surface area contributed by atoms with Gasteiger partial charge in [0.15, 0.2) is 17.4 Å². The average Bonchev–Trinajstić information content (AvgIpc) is 3.28. The van der Waals surface area contributed by atoms with Crippen LogP contribution in [0.1, 0.15) is 6.42 Å². The molecule has 0 aliphatic carbocycles. The number of hydrogen-bond acceptors (Lipinski definition) is 4. The maximum atomic E-state index is 14.5. The van der Waals surface area contributed by atoms with Gasteiger partial charge in [0, 0.05) is 36.8 Å². The number of aromatic amines is 1. The van der Waals surface area contributed by atoms with Crippen molar-refractivity contribution in [2.24, 2.45) is 0 Å². The Morgan fingerprint density at radius 2 is 2.14 bits per heavy atom. The third kappa shape index (κ3) is 3.71. The van der Waals surface area contributed by atoms with Crippen LogP contribution in [-0.4, -0.2) is 35.3 Å². The molecule has 0 radical (unpaired) electrons. The van der Waals surface area contributed by atoms with E-state index in [0.29, 0.717) is 35.7 Å². The summed E-state index contributed by atoms with van der Waals surface area (Å²) in [4.78, 5) is 18.8. The lowest BCUT2D eigenvalue weighted by Crippen LogP contribution is -2.38. The molecule has 2 amide bonds. The zero-order valence-electron chi connectivity index (χ0n) is 14.4. The molecule has 3 heterocycles. The van der Waals surface area contributed by atoms with E-state index in [1.807, 2.05) is 0 Å². The highest BCUT2D eigenvalue weighted by Crippen LogP contribution is 2.36. The van der Waals surface area contributed by atoms with Gasteiger partial charge in [-0.2, -0.15) is 0 Å². The average molecular weight is 409 g/mol. The molecule has 28 heavy (non-hydrogen) atoms. The highest BCUT2D eigenvalue weighted by atomic mass is 35.5. The Bertz CT molecular complexity index is 1010. The number of rotatable bonds is 4. The quantitative estimate of drug-likeness (QED) is 0.603. The fourth-order valence-electron chi connectivity index (χ4n) is 2.91. The number of nitrogens with zero attached hydrogens (tertiary/aromatic N) is 1. The van der Waals surface area contributed by atoms with Crippen molar-refractivity contribution in [3.8, 4) is 11.5 Å². The van der Waals surface area contributed by atoms with Gasteiger partial charge >= 0.3 is 6.03 Å². The van der Waals surface area contributed by atoms with Gasteiger partial charge in [-0.25, -0.2) is 18.6 Å². The van der Waals surface area contributed by atoms with Gasteiger partial charge in [-0.3, -0.25) is 0 Å². The minimum atomic E-state index is -0.976. The fraction of sp³-hybridized carbons (Fsp3) is 0.222. The molecular formula is C18H15ClF2N4O3. The molecular weight excluding hydrogens is 394 g/mol. The second kappa shape index (κ2) is 7.61. The Morgan fingerprint density at radius 3 is 2.86 bits per heavy atom. The molecule has 3 aromatic rings. The van der Waals surface area contributed by atoms with Gasteiger partial charge in [-0.15, -0.1) is 0 Å². The second-order valence-corrected chi connectivity index (χ2v) is 6.61. The second-order valence-electron chi connectivity index (χ2n) is 6.20. The number of amides is 2. The van der Waals surface area contributed by atoms with Gasteiger partial charge < -0.3 is 25.1 Å². The van der Waals surface area contributed by atoms with Crippen molar-refractivity contribution in [3.63, 3.8) is 0 Å². The number of H-pyrrole nitrogens is 1. The van der Waals surface area contributed by atoms with Crippen LogP contribution in [0, 0.1) is 11.6 Å². The first-order valence-corrected chi connectivity index (χ1v) is 8.83. The highest BCUT2D eigenvalue weighted by molar-refractivity contribution is 6.36. The number of carbonyl (C=O) groups excluding carboxylic acids is 1. The van der Waals surface area contributed by atoms with Crippen LogP contribution in [0.4, 0.5) is 19.3 Å². The maximum absolute atomic E-state index is 14.5. The Labute approximate surface area is 163 Å². The first-order chi connectivity index (χ1) is 13.5. The van der Waals surface area contributed by atoms with Gasteiger partial charge in [0.2, 0.25) is 0 Å². The number of aromatic nitrogens is 2. The van der Waals surface area contributed by atoms with Crippen LogP contribution in [0.15, 0.2) is 30.6 Å². The number of hydrogen-bond donors (Lipinski definition) is 3. The number of pyridine rings is 1. The van der Waals surface area contributed by atoms with Crippen LogP contribution in [0.5, 0.6) is 11.5 Å². The van der Waals surface area contributed by atoms with E-state index in [2.05, 4.69) is 20.6 Å². The van der Waals surface area contributed by atoms with E-state index in [0.717, 1.165) is 12.1 Å². The SMILES string of the molecule is O=C(Nc1cc(F)c(Oc2ccnc3[nH]cc(Cl)c23)c(F)c1)N[C@H]1CCOC1. The molecule has 0 bridgehead atoms. The van der Waals surface area contributed by atoms with Crippen molar-refractivity contribution in [2.45, 2.75) is 12.5 Å². The van der Waals surface area contributed by atoms with E-state index < -0.39 is 23.4 Å². The standard InChI is InChI=1S/C18H15ClF2N4O3/c19-11-7-23-17-15(11)14(1-3-22-17)28-16-12(20)5-10(6-13(16)21)25-18(26)24-9-2-4-27-8-9/h1,3,5-7,9H,2,4,8H2,(H,22,23)(H2,24,25,26)/t9-/m0/s1. The number of fused-ring (bicyclic) bond motifs is 1. The van der Waals surface area contributed by atoms with Gasteiger partial charge in [-0.1, -0.05) is 11.6 Å². The van der Waals surface area contributed by atoms with E-state index in [4.69, 9.17) is 21.1 Å². The number of carbonyl (C=O) groups is 1. The minimum Gasteiger partial charge on any atom is -0.450 e. The van der Waals surface area contributed by atoms with Crippen LogP contribution < -0.4 is 15.4 Å². The number of anilines is 1. The summed E-state index contributed by atoms with van der Waals surface area (Å²) in [6, 6.07) is 2.69. The molecule has 10 heteroatoms. The molecule has 0 spiro atoms. The topological polar surface area (TPSA) is 88.3 Å². The summed E-state index contributed by atoms with van der Waals surface area (Å²) in [6.45, 7) is 0.971. The van der Waals surface area contributed by atoms with Crippen molar-refractivity contribution in [3.05, 3.63) is 47.2 Å². The minimum absolute atomic E-state index is 0.0432. The summed E-state index contributed by atoms with van der Waals surface area (Å²) in [5, 5.41) is 5.78. The van der Waals surface area contributed by atoms with E-state index >= 15 is 0 Å². The number of ether oxygens (including phenoxy) is 2. The summed E-state index contributed by atoms with van der Waals surface area (Å²) in [5.41, 5.74) is 0.382. The molecule has 3 N–H and O–H groups in total. The third-order valence-corrected chi connectivity index (χ3v) is 4.52. The Hall–Kier alpha value is -2.91. The lowest BCUT2D eigenvalue weighted by atomic mass is 10.2. The molecule has 1 fully saturated rings. The number of urea groups is 1. The smallest absolute Gasteiger partial charge is 0.319 e. The molecule has 1 aromatic carbocycles. The zero-order chi connectivity index (χ0) is 19.7. The van der Waals surface area contributed by atoms with E-state index in [-0.39, 0.29) is 17.5 Å². The lowest BCUT2D eigenvalue weighted by molar-refractivity contribution is 0.189. The summed E-state index contributed by atoms with van der Waals surface area (Å²) in [6.07, 6.45) is 3.61. The van der Waals surface area contributed by atoms with Crippen LogP contribution >= 0.6 is 11.6 Å². The van der Waals surface area contributed by atoms with Crippen LogP contribution in [0.3, 0.4) is 0 Å². The molecule has 1 atom stereocenters. The summed E-state index contributed by atoms with van der Waals surface area (Å²) < 4.78 is 39.5. The molecule has 1 aliphatic rings. The fourth-order valence-corrected chi connectivity index (χ4v) is 3.15. The largest absolute Gasteiger partial charge is 0.450 e. The van der Waals surface area contributed by atoms with Crippen molar-refractivity contribution in [1.29, 1.82) is 0 Å². The maximum Gasteiger partial charge on any atom is 0.319 e. The lowest BCUT2D eigenvalue weighted by Gasteiger charge is -2.14. The van der Waals surface area contributed by atoms with Crippen LogP contribution in [-0.2, 0) is 4.74 Å². The van der Waals surface area contributed by atoms with Crippen LogP contribution in [0.25, 0.3) is 11.0 Å². The monoisotopic (exact) mass is 408 g/mol. The zero-order valence-corrected chi connectivity index (χ0v) is 15.1. The van der Waals surface area contributed by atoms with Crippen molar-refractivity contribution < 1.29 is 23.0 Å². The summed E-state index contributed by atoms with van der Waals surface area (Å²) >= 11 is 6.07. The first-order valence-electron chi connectivity index (χ1n) is 8.45. The molecule has 4 rings (SSSR count). The first kappa shape index (κ1) is 18.5. The Kier molecular flexibility index (Phi) is 5.01. The van der Waals surface area contributed by atoms with Crippen molar-refractivity contribution in [2.75, 3.05) is 18.5 Å². The predicted molar refractivity (Wildman–Crippen MR) is 98.9 cm³/mol. The van der Waals surface area contributed by atoms with Gasteiger partial charge in [-0.05, 0) is 12.5 Å². The molecule has 2 aromatic heterocycles. The van der Waals surface area contributed by atoms with Gasteiger partial charge in [0.1, 0.15) is 11.4 Å². The molecule has 1 saturated heterocycles. The summed E-state index contributed by atoms with van der Waals surface area (Å²) in [7, 11) is 0. The normalized spacial score (nSPS) is 16.3. The molecule has 146 valence electrons. The molecule has 7 nitrogen and oxygen atoms in total. The van der Waals surface area contributed by atoms with E-state index in [9.17, 15) is 13.6 Å². The van der Waals surface area contributed by atoms with Crippen LogP contribution in [0.2, 0.25) is 5.02 Å². The van der Waals surface area contributed by atoms with Gasteiger partial charge in [0.25, 0.3) is 0 Å². The summed E-state index contributed by atoms with van der Waals surface area (Å²) in [5.74, 6) is -2.42. The Balaban J connectivity index is 1.54. The van der Waals surface area contributed by atoms with Crippen molar-refractivity contribution in [1.82, 2.24) is 15.3 Å². The number of benzene rings is 1.